The number of guanidine groups is 1. The van der Waals surface area contributed by atoms with Crippen LogP contribution in [0, 0.1) is 6.92 Å². The second kappa shape index (κ2) is 10.4. The summed E-state index contributed by atoms with van der Waals surface area (Å²) in [5.74, 6) is 0.871. The average Bonchev–Trinajstić information content (AvgIpc) is 3.10. The Kier molecular flexibility index (Phi) is 7.97. The maximum absolute atomic E-state index is 6.13. The average molecular weight is 440 g/mol. The topological polar surface area (TPSA) is 52.6 Å². The van der Waals surface area contributed by atoms with Crippen LogP contribution in [0.25, 0.3) is 0 Å². The second-order valence-corrected chi connectivity index (χ2v) is 9.19. The van der Waals surface area contributed by atoms with E-state index in [1.807, 2.05) is 31.4 Å². The van der Waals surface area contributed by atoms with Gasteiger partial charge in [-0.3, -0.25) is 9.89 Å². The van der Waals surface area contributed by atoms with Gasteiger partial charge in [0, 0.05) is 56.8 Å². The third-order valence-corrected chi connectivity index (χ3v) is 6.55. The third kappa shape index (κ3) is 6.34. The highest BCUT2D eigenvalue weighted by molar-refractivity contribution is 7.11. The molecule has 2 aromatic rings. The van der Waals surface area contributed by atoms with E-state index in [2.05, 4.69) is 32.4 Å². The summed E-state index contributed by atoms with van der Waals surface area (Å²) < 4.78 is 0. The summed E-state index contributed by atoms with van der Waals surface area (Å²) in [7, 11) is 1.82. The van der Waals surface area contributed by atoms with Crippen LogP contribution in [0.1, 0.15) is 28.3 Å². The molecule has 3 rings (SSSR count). The van der Waals surface area contributed by atoms with Gasteiger partial charge in [-0.15, -0.1) is 11.3 Å². The standard InChI is InChI=1S/C20H27Cl2N5S/c1-14-12-25-19(28-14)5-8-24-20(23-2)26-16-6-9-27(10-7-16)13-15-3-4-17(21)18(22)11-15/h3-4,11-12,16H,5-10,13H2,1-2H3,(H2,23,24,26). The molecule has 152 valence electrons. The maximum atomic E-state index is 6.13. The first-order valence-corrected chi connectivity index (χ1v) is 11.2. The number of likely N-dealkylation sites (tertiary alicyclic amines) is 1. The molecule has 0 atom stereocenters. The van der Waals surface area contributed by atoms with Crippen molar-refractivity contribution in [3.05, 3.63) is 49.9 Å². The highest BCUT2D eigenvalue weighted by atomic mass is 35.5. The van der Waals surface area contributed by atoms with E-state index in [0.29, 0.717) is 16.1 Å². The molecule has 1 aliphatic heterocycles. The number of thiazole rings is 1. The van der Waals surface area contributed by atoms with Crippen LogP contribution >= 0.6 is 34.5 Å². The number of halogens is 2. The Morgan fingerprint density at radius 2 is 2.07 bits per heavy atom. The lowest BCUT2D eigenvalue weighted by Gasteiger charge is -2.33. The van der Waals surface area contributed by atoms with Crippen LogP contribution in [0.4, 0.5) is 0 Å². The van der Waals surface area contributed by atoms with Gasteiger partial charge in [0.1, 0.15) is 0 Å². The second-order valence-electron chi connectivity index (χ2n) is 7.06. The zero-order valence-corrected chi connectivity index (χ0v) is 18.7. The normalized spacial score (nSPS) is 16.4. The van der Waals surface area contributed by atoms with E-state index in [9.17, 15) is 0 Å². The molecule has 1 aromatic heterocycles. The first-order chi connectivity index (χ1) is 13.5. The van der Waals surface area contributed by atoms with Gasteiger partial charge >= 0.3 is 0 Å². The van der Waals surface area contributed by atoms with Gasteiger partial charge in [0.25, 0.3) is 0 Å². The number of aliphatic imine (C=N–C) groups is 1. The van der Waals surface area contributed by atoms with Gasteiger partial charge in [0.15, 0.2) is 5.96 Å². The lowest BCUT2D eigenvalue weighted by atomic mass is 10.0. The molecule has 1 saturated heterocycles. The molecule has 1 aromatic carbocycles. The molecule has 0 saturated carbocycles. The Balaban J connectivity index is 1.39. The van der Waals surface area contributed by atoms with Crippen molar-refractivity contribution in [2.24, 2.45) is 4.99 Å². The molecule has 0 unspecified atom stereocenters. The smallest absolute Gasteiger partial charge is 0.191 e. The van der Waals surface area contributed by atoms with Crippen molar-refractivity contribution in [2.75, 3.05) is 26.7 Å². The molecule has 1 aliphatic rings. The van der Waals surface area contributed by atoms with E-state index in [1.165, 1.54) is 10.4 Å². The SMILES string of the molecule is CN=C(NCCc1ncc(C)s1)NC1CCN(Cc2ccc(Cl)c(Cl)c2)CC1. The number of aryl methyl sites for hydroxylation is 1. The van der Waals surface area contributed by atoms with E-state index in [1.54, 1.807) is 11.3 Å². The molecule has 0 bridgehead atoms. The van der Waals surface area contributed by atoms with Crippen molar-refractivity contribution in [1.82, 2.24) is 20.5 Å². The summed E-state index contributed by atoms with van der Waals surface area (Å²) in [6, 6.07) is 6.33. The first-order valence-electron chi connectivity index (χ1n) is 9.58. The fourth-order valence-electron chi connectivity index (χ4n) is 3.32. The number of nitrogens with one attached hydrogen (secondary N) is 2. The van der Waals surface area contributed by atoms with Gasteiger partial charge in [-0.05, 0) is 37.5 Å². The van der Waals surface area contributed by atoms with Gasteiger partial charge < -0.3 is 10.6 Å². The predicted octanol–water partition coefficient (Wildman–Crippen LogP) is 4.13. The minimum absolute atomic E-state index is 0.443. The van der Waals surface area contributed by atoms with Gasteiger partial charge in [-0.25, -0.2) is 4.98 Å². The van der Waals surface area contributed by atoms with Crippen molar-refractivity contribution in [2.45, 2.75) is 38.8 Å². The molecule has 2 N–H and O–H groups in total. The summed E-state index contributed by atoms with van der Waals surface area (Å²) in [5.41, 5.74) is 1.20. The zero-order chi connectivity index (χ0) is 19.9. The quantitative estimate of drug-likeness (QED) is 0.524. The number of benzene rings is 1. The Morgan fingerprint density at radius 1 is 1.29 bits per heavy atom. The predicted molar refractivity (Wildman–Crippen MR) is 120 cm³/mol. The largest absolute Gasteiger partial charge is 0.356 e. The minimum atomic E-state index is 0.443. The summed E-state index contributed by atoms with van der Waals surface area (Å²) in [6.45, 7) is 5.93. The van der Waals surface area contributed by atoms with Crippen LogP contribution in [-0.2, 0) is 13.0 Å². The molecule has 0 radical (unpaired) electrons. The Bertz CT molecular complexity index is 800. The van der Waals surface area contributed by atoms with Gasteiger partial charge in [0.05, 0.1) is 15.1 Å². The van der Waals surface area contributed by atoms with Crippen LogP contribution in [0.3, 0.4) is 0 Å². The van der Waals surface area contributed by atoms with Crippen LogP contribution in [0.15, 0.2) is 29.4 Å². The number of nitrogens with zero attached hydrogens (tertiary/aromatic N) is 3. The molecule has 0 aliphatic carbocycles. The van der Waals surface area contributed by atoms with Crippen molar-refractivity contribution >= 4 is 40.5 Å². The van der Waals surface area contributed by atoms with Crippen LogP contribution in [0.5, 0.6) is 0 Å². The number of hydrogen-bond acceptors (Lipinski definition) is 4. The molecule has 8 heteroatoms. The van der Waals surface area contributed by atoms with Crippen molar-refractivity contribution in [3.8, 4) is 0 Å². The van der Waals surface area contributed by atoms with Crippen LogP contribution in [0.2, 0.25) is 10.0 Å². The lowest BCUT2D eigenvalue weighted by Crippen LogP contribution is -2.48. The van der Waals surface area contributed by atoms with Crippen LogP contribution in [-0.4, -0.2) is 48.6 Å². The number of hydrogen-bond donors (Lipinski definition) is 2. The summed E-state index contributed by atoms with van der Waals surface area (Å²) in [5, 5.41) is 9.35. The lowest BCUT2D eigenvalue weighted by molar-refractivity contribution is 0.198. The van der Waals surface area contributed by atoms with E-state index >= 15 is 0 Å². The van der Waals surface area contributed by atoms with Crippen LogP contribution < -0.4 is 10.6 Å². The third-order valence-electron chi connectivity index (χ3n) is 4.84. The van der Waals surface area contributed by atoms with Crippen molar-refractivity contribution < 1.29 is 0 Å². The molecule has 0 spiro atoms. The molecule has 5 nitrogen and oxygen atoms in total. The van der Waals surface area contributed by atoms with Gasteiger partial charge in [-0.1, -0.05) is 29.3 Å². The molecular weight excluding hydrogens is 413 g/mol. The van der Waals surface area contributed by atoms with E-state index in [0.717, 1.165) is 56.4 Å². The fraction of sp³-hybridized carbons (Fsp3) is 0.500. The van der Waals surface area contributed by atoms with Crippen molar-refractivity contribution in [1.29, 1.82) is 0 Å². The van der Waals surface area contributed by atoms with Crippen molar-refractivity contribution in [3.63, 3.8) is 0 Å². The summed E-state index contributed by atoms with van der Waals surface area (Å²) in [4.78, 5) is 12.5. The summed E-state index contributed by atoms with van der Waals surface area (Å²) in [6.07, 6.45) is 5.03. The summed E-state index contributed by atoms with van der Waals surface area (Å²) >= 11 is 13.9. The molecule has 28 heavy (non-hydrogen) atoms. The minimum Gasteiger partial charge on any atom is -0.356 e. The highest BCUT2D eigenvalue weighted by Gasteiger charge is 2.20. The Labute approximate surface area is 181 Å². The Hall–Kier alpha value is -1.34. The number of rotatable bonds is 6. The van der Waals surface area contributed by atoms with E-state index < -0.39 is 0 Å². The number of piperidine rings is 1. The van der Waals surface area contributed by atoms with Gasteiger partial charge in [0.2, 0.25) is 0 Å². The maximum Gasteiger partial charge on any atom is 0.191 e. The van der Waals surface area contributed by atoms with Gasteiger partial charge in [-0.2, -0.15) is 0 Å². The molecule has 0 amide bonds. The first kappa shape index (κ1) is 21.4. The monoisotopic (exact) mass is 439 g/mol. The molecule has 2 heterocycles. The fourth-order valence-corrected chi connectivity index (χ4v) is 4.43. The zero-order valence-electron chi connectivity index (χ0n) is 16.3. The van der Waals surface area contributed by atoms with E-state index in [-0.39, 0.29) is 0 Å². The molecular formula is C20H27Cl2N5S. The molecule has 1 fully saturated rings. The highest BCUT2D eigenvalue weighted by Crippen LogP contribution is 2.24. The number of aromatic nitrogens is 1. The Morgan fingerprint density at radius 3 is 2.71 bits per heavy atom. The van der Waals surface area contributed by atoms with E-state index in [4.69, 9.17) is 23.2 Å².